The largest absolute Gasteiger partial charge is 0.457 e. The fraction of sp³-hybridized carbons (Fsp3) is 0. The summed E-state index contributed by atoms with van der Waals surface area (Å²) in [5, 5.41) is 0. The second-order valence-electron chi connectivity index (χ2n) is 4.82. The predicted molar refractivity (Wildman–Crippen MR) is 87.2 cm³/mol. The quantitative estimate of drug-likeness (QED) is 0.701. The summed E-state index contributed by atoms with van der Waals surface area (Å²) in [6.45, 7) is 0. The van der Waals surface area contributed by atoms with Crippen molar-refractivity contribution in [3.63, 3.8) is 0 Å². The molecule has 3 aromatic rings. The van der Waals surface area contributed by atoms with Crippen LogP contribution in [0.2, 0.25) is 0 Å². The summed E-state index contributed by atoms with van der Waals surface area (Å²) < 4.78 is 5.77. The topological polar surface area (TPSA) is 61.3 Å². The minimum atomic E-state index is 0.723. The highest BCUT2D eigenvalue weighted by Gasteiger charge is 2.00. The zero-order valence-corrected chi connectivity index (χ0v) is 11.5. The van der Waals surface area contributed by atoms with Gasteiger partial charge in [-0.3, -0.25) is 0 Å². The van der Waals surface area contributed by atoms with Crippen LogP contribution in [-0.2, 0) is 0 Å². The Bertz CT molecular complexity index is 717. The van der Waals surface area contributed by atoms with Crippen LogP contribution in [0.4, 0.5) is 11.4 Å². The lowest BCUT2D eigenvalue weighted by Crippen LogP contribution is -1.87. The Hall–Kier alpha value is -2.94. The number of hydrogen-bond acceptors (Lipinski definition) is 3. The number of hydrogen-bond donors (Lipinski definition) is 2. The van der Waals surface area contributed by atoms with E-state index in [1.54, 1.807) is 0 Å². The van der Waals surface area contributed by atoms with E-state index in [9.17, 15) is 0 Å². The molecule has 0 fully saturated rings. The van der Waals surface area contributed by atoms with Gasteiger partial charge in [0.15, 0.2) is 0 Å². The first-order chi connectivity index (χ1) is 10.2. The van der Waals surface area contributed by atoms with Crippen LogP contribution in [0.25, 0.3) is 11.1 Å². The molecule has 0 aliphatic rings. The molecular weight excluding hydrogens is 260 g/mol. The number of nitrogens with two attached hydrogens (primary N) is 2. The monoisotopic (exact) mass is 276 g/mol. The lowest BCUT2D eigenvalue weighted by Gasteiger charge is -2.07. The molecule has 0 spiro atoms. The van der Waals surface area contributed by atoms with Crippen molar-refractivity contribution in [1.29, 1.82) is 0 Å². The molecule has 0 bridgehead atoms. The fourth-order valence-electron chi connectivity index (χ4n) is 2.06. The lowest BCUT2D eigenvalue weighted by atomic mass is 10.1. The third-order valence-corrected chi connectivity index (χ3v) is 3.21. The smallest absolute Gasteiger partial charge is 0.127 e. The number of ether oxygens (including phenoxy) is 1. The van der Waals surface area contributed by atoms with Crippen LogP contribution in [-0.4, -0.2) is 0 Å². The summed E-state index contributed by atoms with van der Waals surface area (Å²) in [4.78, 5) is 0. The number of nitrogen functional groups attached to an aromatic ring is 2. The maximum atomic E-state index is 5.77. The Morgan fingerprint density at radius 3 is 1.29 bits per heavy atom. The number of benzene rings is 3. The van der Waals surface area contributed by atoms with Crippen molar-refractivity contribution >= 4 is 11.4 Å². The highest BCUT2D eigenvalue weighted by atomic mass is 16.5. The molecule has 0 aliphatic carbocycles. The van der Waals surface area contributed by atoms with E-state index in [2.05, 4.69) is 0 Å². The van der Waals surface area contributed by atoms with Gasteiger partial charge in [0.25, 0.3) is 0 Å². The van der Waals surface area contributed by atoms with Gasteiger partial charge in [0, 0.05) is 11.4 Å². The molecule has 0 atom stereocenters. The Labute approximate surface area is 123 Å². The average molecular weight is 276 g/mol. The van der Waals surface area contributed by atoms with Crippen molar-refractivity contribution in [3.8, 4) is 22.6 Å². The molecule has 0 radical (unpaired) electrons. The normalized spacial score (nSPS) is 10.3. The molecule has 0 aliphatic heterocycles. The van der Waals surface area contributed by atoms with Gasteiger partial charge in [-0.05, 0) is 59.7 Å². The van der Waals surface area contributed by atoms with Crippen molar-refractivity contribution in [2.24, 2.45) is 0 Å². The first-order valence-electron chi connectivity index (χ1n) is 6.70. The second-order valence-corrected chi connectivity index (χ2v) is 4.82. The molecule has 0 saturated carbocycles. The second kappa shape index (κ2) is 5.59. The predicted octanol–water partition coefficient (Wildman–Crippen LogP) is 4.31. The molecule has 104 valence electrons. The lowest BCUT2D eigenvalue weighted by molar-refractivity contribution is 0.483. The summed E-state index contributed by atoms with van der Waals surface area (Å²) in [5.41, 5.74) is 15.1. The van der Waals surface area contributed by atoms with Crippen LogP contribution in [0, 0.1) is 0 Å². The molecule has 4 N–H and O–H groups in total. The van der Waals surface area contributed by atoms with Crippen molar-refractivity contribution < 1.29 is 4.74 Å². The van der Waals surface area contributed by atoms with Gasteiger partial charge in [-0.2, -0.15) is 0 Å². The maximum absolute atomic E-state index is 5.77. The molecule has 0 amide bonds. The molecule has 21 heavy (non-hydrogen) atoms. The van der Waals surface area contributed by atoms with Gasteiger partial charge in [0.1, 0.15) is 11.5 Å². The molecule has 0 unspecified atom stereocenters. The molecule has 0 saturated heterocycles. The first-order valence-corrected chi connectivity index (χ1v) is 6.70. The molecule has 3 heteroatoms. The van der Waals surface area contributed by atoms with Crippen molar-refractivity contribution in [3.05, 3.63) is 72.8 Å². The third kappa shape index (κ3) is 3.15. The highest BCUT2D eigenvalue weighted by molar-refractivity contribution is 5.66. The van der Waals surface area contributed by atoms with Gasteiger partial charge in [-0.1, -0.05) is 24.3 Å². The fourth-order valence-corrected chi connectivity index (χ4v) is 2.06. The van der Waals surface area contributed by atoms with E-state index in [1.807, 2.05) is 72.8 Å². The van der Waals surface area contributed by atoms with Crippen LogP contribution >= 0.6 is 0 Å². The molecule has 0 aromatic heterocycles. The van der Waals surface area contributed by atoms with Crippen LogP contribution < -0.4 is 16.2 Å². The Morgan fingerprint density at radius 1 is 0.476 bits per heavy atom. The van der Waals surface area contributed by atoms with Crippen LogP contribution in [0.1, 0.15) is 0 Å². The first kappa shape index (κ1) is 13.1. The SMILES string of the molecule is Nc1ccc(Oc2ccc(-c3ccc(N)cc3)cc2)cc1. The third-order valence-electron chi connectivity index (χ3n) is 3.21. The van der Waals surface area contributed by atoms with E-state index in [1.165, 1.54) is 0 Å². The standard InChI is InChI=1S/C18H16N2O/c19-15-5-1-13(2-6-15)14-3-9-17(10-4-14)21-18-11-7-16(20)8-12-18/h1-12H,19-20H2. The van der Waals surface area contributed by atoms with E-state index in [0.29, 0.717) is 0 Å². The van der Waals surface area contributed by atoms with Gasteiger partial charge in [-0.15, -0.1) is 0 Å². The Kier molecular flexibility index (Phi) is 3.48. The Morgan fingerprint density at radius 2 is 0.810 bits per heavy atom. The maximum Gasteiger partial charge on any atom is 0.127 e. The molecule has 3 nitrogen and oxygen atoms in total. The molecular formula is C18H16N2O. The van der Waals surface area contributed by atoms with Gasteiger partial charge < -0.3 is 16.2 Å². The van der Waals surface area contributed by atoms with E-state index < -0.39 is 0 Å². The molecule has 3 rings (SSSR count). The van der Waals surface area contributed by atoms with E-state index in [4.69, 9.17) is 16.2 Å². The molecule has 0 heterocycles. The van der Waals surface area contributed by atoms with Crippen molar-refractivity contribution in [2.45, 2.75) is 0 Å². The van der Waals surface area contributed by atoms with Crippen molar-refractivity contribution in [1.82, 2.24) is 0 Å². The highest BCUT2D eigenvalue weighted by Crippen LogP contribution is 2.26. The minimum Gasteiger partial charge on any atom is -0.457 e. The van der Waals surface area contributed by atoms with E-state index in [-0.39, 0.29) is 0 Å². The summed E-state index contributed by atoms with van der Waals surface area (Å²) in [6.07, 6.45) is 0. The van der Waals surface area contributed by atoms with Gasteiger partial charge in [0.2, 0.25) is 0 Å². The zero-order valence-electron chi connectivity index (χ0n) is 11.5. The summed E-state index contributed by atoms with van der Waals surface area (Å²) in [5.74, 6) is 1.56. The van der Waals surface area contributed by atoms with Crippen LogP contribution in [0.5, 0.6) is 11.5 Å². The summed E-state index contributed by atoms with van der Waals surface area (Å²) in [7, 11) is 0. The average Bonchev–Trinajstić information content (AvgIpc) is 2.51. The minimum absolute atomic E-state index is 0.723. The van der Waals surface area contributed by atoms with Crippen molar-refractivity contribution in [2.75, 3.05) is 11.5 Å². The van der Waals surface area contributed by atoms with Crippen LogP contribution in [0.3, 0.4) is 0 Å². The van der Waals surface area contributed by atoms with Gasteiger partial charge in [0.05, 0.1) is 0 Å². The summed E-state index contributed by atoms with van der Waals surface area (Å²) >= 11 is 0. The zero-order chi connectivity index (χ0) is 14.7. The summed E-state index contributed by atoms with van der Waals surface area (Å²) in [6, 6.07) is 23.1. The van der Waals surface area contributed by atoms with Crippen LogP contribution in [0.15, 0.2) is 72.8 Å². The molecule has 3 aromatic carbocycles. The number of anilines is 2. The van der Waals surface area contributed by atoms with Gasteiger partial charge >= 0.3 is 0 Å². The van der Waals surface area contributed by atoms with E-state index in [0.717, 1.165) is 34.0 Å². The Balaban J connectivity index is 1.77. The van der Waals surface area contributed by atoms with E-state index >= 15 is 0 Å². The van der Waals surface area contributed by atoms with Gasteiger partial charge in [-0.25, -0.2) is 0 Å². The number of rotatable bonds is 3.